The van der Waals surface area contributed by atoms with E-state index in [4.69, 9.17) is 14.2 Å². The molecule has 1 heterocycles. The molecule has 1 aromatic heterocycles. The normalized spacial score (nSPS) is 10.3. The van der Waals surface area contributed by atoms with Gasteiger partial charge in [0.05, 0.1) is 19.9 Å². The topological polar surface area (TPSA) is 91.7 Å². The summed E-state index contributed by atoms with van der Waals surface area (Å²) >= 11 is 0. The first-order valence-electron chi connectivity index (χ1n) is 8.10. The molecule has 0 saturated heterocycles. The number of ether oxygens (including phenoxy) is 3. The molecule has 8 nitrogen and oxygen atoms in total. The fraction of sp³-hybridized carbons (Fsp3) is 0.389. The summed E-state index contributed by atoms with van der Waals surface area (Å²) in [6, 6.07) is 7.19. The fourth-order valence-electron chi connectivity index (χ4n) is 2.51. The molecular formula is C18H23N3O5. The molecule has 2 rings (SSSR count). The van der Waals surface area contributed by atoms with Gasteiger partial charge in [0.1, 0.15) is 5.82 Å². The van der Waals surface area contributed by atoms with Crippen LogP contribution in [0.15, 0.2) is 24.3 Å². The van der Waals surface area contributed by atoms with Crippen LogP contribution in [0.2, 0.25) is 0 Å². The predicted molar refractivity (Wildman–Crippen MR) is 95.4 cm³/mol. The molecule has 140 valence electrons. The summed E-state index contributed by atoms with van der Waals surface area (Å²) in [5.41, 5.74) is 1.62. The van der Waals surface area contributed by atoms with Gasteiger partial charge in [0.25, 0.3) is 5.91 Å². The van der Waals surface area contributed by atoms with Gasteiger partial charge < -0.3 is 19.5 Å². The summed E-state index contributed by atoms with van der Waals surface area (Å²) in [5.74, 6) is 0.854. The van der Waals surface area contributed by atoms with E-state index >= 15 is 0 Å². The first-order chi connectivity index (χ1) is 12.4. The highest BCUT2D eigenvalue weighted by Gasteiger charge is 2.13. The van der Waals surface area contributed by atoms with Crippen molar-refractivity contribution in [2.45, 2.75) is 19.8 Å². The number of aryl methyl sites for hydroxylation is 3. The second kappa shape index (κ2) is 8.89. The number of methoxy groups -OCH3 is 2. The highest BCUT2D eigenvalue weighted by Crippen LogP contribution is 2.31. The maximum absolute atomic E-state index is 11.9. The van der Waals surface area contributed by atoms with Crippen molar-refractivity contribution in [3.8, 4) is 11.5 Å². The van der Waals surface area contributed by atoms with Crippen molar-refractivity contribution in [1.82, 2.24) is 9.78 Å². The lowest BCUT2D eigenvalue weighted by Gasteiger charge is -2.12. The molecule has 1 N–H and O–H groups in total. The van der Waals surface area contributed by atoms with Crippen LogP contribution in [0, 0.1) is 6.92 Å². The molecule has 0 radical (unpaired) electrons. The zero-order chi connectivity index (χ0) is 19.1. The third-order valence-electron chi connectivity index (χ3n) is 3.72. The average molecular weight is 361 g/mol. The van der Waals surface area contributed by atoms with Crippen molar-refractivity contribution in [3.63, 3.8) is 0 Å². The van der Waals surface area contributed by atoms with E-state index in [1.165, 1.54) is 0 Å². The molecule has 0 aliphatic heterocycles. The smallest absolute Gasteiger partial charge is 0.306 e. The zero-order valence-corrected chi connectivity index (χ0v) is 15.4. The van der Waals surface area contributed by atoms with E-state index in [2.05, 4.69) is 10.4 Å². The first kappa shape index (κ1) is 19.3. The molecule has 0 saturated carbocycles. The molecule has 0 spiro atoms. The van der Waals surface area contributed by atoms with Crippen LogP contribution in [0.5, 0.6) is 11.5 Å². The van der Waals surface area contributed by atoms with Crippen LogP contribution in [-0.4, -0.2) is 42.5 Å². The van der Waals surface area contributed by atoms with Crippen molar-refractivity contribution in [1.29, 1.82) is 0 Å². The van der Waals surface area contributed by atoms with Gasteiger partial charge in [-0.15, -0.1) is 0 Å². The summed E-state index contributed by atoms with van der Waals surface area (Å²) in [5, 5.41) is 6.77. The number of nitrogens with one attached hydrogen (secondary N) is 1. The van der Waals surface area contributed by atoms with Gasteiger partial charge in [-0.1, -0.05) is 12.1 Å². The molecule has 0 aliphatic rings. The van der Waals surface area contributed by atoms with Crippen LogP contribution in [0.3, 0.4) is 0 Å². The third kappa shape index (κ3) is 4.98. The molecule has 0 unspecified atom stereocenters. The Morgan fingerprint density at radius 2 is 2.00 bits per heavy atom. The Kier molecular flexibility index (Phi) is 6.60. The van der Waals surface area contributed by atoms with Gasteiger partial charge in [0, 0.05) is 19.5 Å². The quantitative estimate of drug-likeness (QED) is 0.722. The Morgan fingerprint density at radius 1 is 1.23 bits per heavy atom. The van der Waals surface area contributed by atoms with Crippen LogP contribution in [0.25, 0.3) is 0 Å². The number of nitrogens with zero attached hydrogens (tertiary/aromatic N) is 2. The van der Waals surface area contributed by atoms with E-state index in [1.807, 2.05) is 19.1 Å². The molecular weight excluding hydrogens is 338 g/mol. The number of aromatic nitrogens is 2. The van der Waals surface area contributed by atoms with Gasteiger partial charge in [-0.2, -0.15) is 5.10 Å². The maximum Gasteiger partial charge on any atom is 0.306 e. The van der Waals surface area contributed by atoms with E-state index in [0.717, 1.165) is 11.3 Å². The SMILES string of the molecule is COc1cccc(CCC(=O)OCC(=O)Nc2cc(C)nn2C)c1OC. The summed E-state index contributed by atoms with van der Waals surface area (Å²) < 4.78 is 17.1. The number of hydrogen-bond acceptors (Lipinski definition) is 6. The van der Waals surface area contributed by atoms with Crippen LogP contribution < -0.4 is 14.8 Å². The van der Waals surface area contributed by atoms with Crippen molar-refractivity contribution in [2.24, 2.45) is 7.05 Å². The number of anilines is 1. The second-order valence-corrected chi connectivity index (χ2v) is 5.66. The number of para-hydroxylation sites is 1. The second-order valence-electron chi connectivity index (χ2n) is 5.66. The molecule has 0 aliphatic carbocycles. The van der Waals surface area contributed by atoms with Crippen LogP contribution >= 0.6 is 0 Å². The minimum absolute atomic E-state index is 0.127. The Labute approximate surface area is 152 Å². The lowest BCUT2D eigenvalue weighted by Crippen LogP contribution is -2.22. The molecule has 26 heavy (non-hydrogen) atoms. The summed E-state index contributed by atoms with van der Waals surface area (Å²) in [6.07, 6.45) is 0.545. The van der Waals surface area contributed by atoms with Gasteiger partial charge in [-0.05, 0) is 25.0 Å². The monoisotopic (exact) mass is 361 g/mol. The Bertz CT molecular complexity index is 785. The largest absolute Gasteiger partial charge is 0.493 e. The number of rotatable bonds is 8. The highest BCUT2D eigenvalue weighted by atomic mass is 16.5. The molecule has 1 aromatic carbocycles. The lowest BCUT2D eigenvalue weighted by atomic mass is 10.1. The minimum Gasteiger partial charge on any atom is -0.493 e. The standard InChI is InChI=1S/C18H23N3O5/c1-12-10-15(21(2)20-12)19-16(22)11-26-17(23)9-8-13-6-5-7-14(24-3)18(13)25-4/h5-7,10H,8-9,11H2,1-4H3,(H,19,22). The van der Waals surface area contributed by atoms with Gasteiger partial charge in [-0.3, -0.25) is 14.3 Å². The number of amides is 1. The van der Waals surface area contributed by atoms with Crippen LogP contribution in [0.4, 0.5) is 5.82 Å². The van der Waals surface area contributed by atoms with E-state index in [-0.39, 0.29) is 13.0 Å². The average Bonchev–Trinajstić information content (AvgIpc) is 2.94. The molecule has 0 fully saturated rings. The molecule has 8 heteroatoms. The minimum atomic E-state index is -0.466. The van der Waals surface area contributed by atoms with E-state index in [1.54, 1.807) is 38.1 Å². The van der Waals surface area contributed by atoms with E-state index < -0.39 is 11.9 Å². The number of carbonyl (C=O) groups excluding carboxylic acids is 2. The lowest BCUT2D eigenvalue weighted by molar-refractivity contribution is -0.147. The zero-order valence-electron chi connectivity index (χ0n) is 15.4. The Morgan fingerprint density at radius 3 is 2.62 bits per heavy atom. The van der Waals surface area contributed by atoms with Gasteiger partial charge in [-0.25, -0.2) is 0 Å². The van der Waals surface area contributed by atoms with Gasteiger partial charge in [0.2, 0.25) is 0 Å². The first-order valence-corrected chi connectivity index (χ1v) is 8.10. The third-order valence-corrected chi connectivity index (χ3v) is 3.72. The van der Waals surface area contributed by atoms with E-state index in [9.17, 15) is 9.59 Å². The fourth-order valence-corrected chi connectivity index (χ4v) is 2.51. The molecule has 1 amide bonds. The van der Waals surface area contributed by atoms with Crippen molar-refractivity contribution in [2.75, 3.05) is 26.1 Å². The van der Waals surface area contributed by atoms with Crippen LogP contribution in [0.1, 0.15) is 17.7 Å². The summed E-state index contributed by atoms with van der Waals surface area (Å²) in [7, 11) is 4.82. The number of hydrogen-bond donors (Lipinski definition) is 1. The highest BCUT2D eigenvalue weighted by molar-refractivity contribution is 5.92. The molecule has 2 aromatic rings. The number of carbonyl (C=O) groups is 2. The number of esters is 1. The van der Waals surface area contributed by atoms with Crippen molar-refractivity contribution in [3.05, 3.63) is 35.5 Å². The van der Waals surface area contributed by atoms with Crippen molar-refractivity contribution < 1.29 is 23.8 Å². The predicted octanol–water partition coefficient (Wildman–Crippen LogP) is 1.86. The summed E-state index contributed by atoms with van der Waals surface area (Å²) in [6.45, 7) is 1.47. The Hall–Kier alpha value is -3.03. The molecule has 0 bridgehead atoms. The summed E-state index contributed by atoms with van der Waals surface area (Å²) in [4.78, 5) is 23.8. The molecule has 0 atom stereocenters. The van der Waals surface area contributed by atoms with Gasteiger partial charge >= 0.3 is 5.97 Å². The maximum atomic E-state index is 11.9. The van der Waals surface area contributed by atoms with Crippen LogP contribution in [-0.2, 0) is 27.8 Å². The van der Waals surface area contributed by atoms with Crippen molar-refractivity contribution >= 4 is 17.7 Å². The van der Waals surface area contributed by atoms with Gasteiger partial charge in [0.15, 0.2) is 18.1 Å². The Balaban J connectivity index is 1.82. The number of benzene rings is 1. The van der Waals surface area contributed by atoms with E-state index in [0.29, 0.717) is 23.7 Å².